The summed E-state index contributed by atoms with van der Waals surface area (Å²) in [5, 5.41) is 6.55. The van der Waals surface area contributed by atoms with Gasteiger partial charge in [-0.3, -0.25) is 4.79 Å². The molecule has 0 spiro atoms. The Morgan fingerprint density at radius 1 is 1.35 bits per heavy atom. The molecule has 1 aromatic carbocycles. The third-order valence-electron chi connectivity index (χ3n) is 3.26. The van der Waals surface area contributed by atoms with Crippen LogP contribution in [0.25, 0.3) is 11.4 Å². The summed E-state index contributed by atoms with van der Waals surface area (Å²) in [5.74, 6) is 2.29. The average molecular weight is 319 g/mol. The first-order chi connectivity index (χ1) is 11.2. The highest BCUT2D eigenvalue weighted by Crippen LogP contribution is 2.31. The van der Waals surface area contributed by atoms with Crippen LogP contribution in [0.5, 0.6) is 11.5 Å². The van der Waals surface area contributed by atoms with E-state index in [1.165, 1.54) is 0 Å². The molecule has 124 valence electrons. The number of aromatic nitrogens is 2. The molecule has 1 aromatic heterocycles. The molecule has 0 saturated carbocycles. The first kappa shape index (κ1) is 16.8. The zero-order chi connectivity index (χ0) is 16.7. The lowest BCUT2D eigenvalue weighted by Crippen LogP contribution is -2.17. The monoisotopic (exact) mass is 319 g/mol. The Morgan fingerprint density at radius 2 is 2.17 bits per heavy atom. The summed E-state index contributed by atoms with van der Waals surface area (Å²) in [6.07, 6.45) is 1.66. The number of carbonyl (C=O) groups excluding carboxylic acids is 1. The van der Waals surface area contributed by atoms with Crippen molar-refractivity contribution in [2.45, 2.75) is 26.2 Å². The van der Waals surface area contributed by atoms with Crippen LogP contribution in [0.3, 0.4) is 0 Å². The summed E-state index contributed by atoms with van der Waals surface area (Å²) in [6, 6.07) is 5.48. The fourth-order valence-corrected chi connectivity index (χ4v) is 2.08. The molecule has 0 aliphatic heterocycles. The van der Waals surface area contributed by atoms with E-state index in [9.17, 15) is 4.79 Å². The molecule has 1 N–H and O–H groups in total. The molecule has 0 aliphatic rings. The second-order valence-electron chi connectivity index (χ2n) is 4.84. The maximum atomic E-state index is 11.2. The number of ether oxygens (including phenoxy) is 2. The number of nitrogens with zero attached hydrogens (tertiary/aromatic N) is 2. The molecule has 1 heterocycles. The number of carbonyl (C=O) groups is 1. The van der Waals surface area contributed by atoms with Gasteiger partial charge in [0.05, 0.1) is 13.7 Å². The molecule has 1 amide bonds. The third kappa shape index (κ3) is 4.45. The highest BCUT2D eigenvalue weighted by atomic mass is 16.5. The molecule has 2 rings (SSSR count). The van der Waals surface area contributed by atoms with Crippen LogP contribution in [0, 0.1) is 0 Å². The van der Waals surface area contributed by atoms with Crippen LogP contribution in [-0.4, -0.2) is 36.8 Å². The van der Waals surface area contributed by atoms with E-state index in [-0.39, 0.29) is 5.91 Å². The van der Waals surface area contributed by atoms with Crippen molar-refractivity contribution in [2.75, 3.05) is 20.8 Å². The lowest BCUT2D eigenvalue weighted by atomic mass is 10.2. The SMILES string of the molecule is CCOc1ccc(-c2noc(CCCC(=O)NC)n2)cc1OC. The normalized spacial score (nSPS) is 10.4. The molecule has 7 nitrogen and oxygen atoms in total. The molecular formula is C16H21N3O4. The van der Waals surface area contributed by atoms with Crippen LogP contribution in [0.4, 0.5) is 0 Å². The molecule has 0 fully saturated rings. The minimum atomic E-state index is 0.000915. The van der Waals surface area contributed by atoms with Gasteiger partial charge in [-0.25, -0.2) is 0 Å². The predicted octanol–water partition coefficient (Wildman–Crippen LogP) is 2.21. The van der Waals surface area contributed by atoms with E-state index in [1.807, 2.05) is 25.1 Å². The van der Waals surface area contributed by atoms with Gasteiger partial charge in [-0.1, -0.05) is 5.16 Å². The van der Waals surface area contributed by atoms with Crippen LogP contribution in [0.15, 0.2) is 22.7 Å². The van der Waals surface area contributed by atoms with Crippen LogP contribution in [0.1, 0.15) is 25.7 Å². The summed E-state index contributed by atoms with van der Waals surface area (Å²) in [6.45, 7) is 2.48. The van der Waals surface area contributed by atoms with Gasteiger partial charge in [-0.15, -0.1) is 0 Å². The lowest BCUT2D eigenvalue weighted by Gasteiger charge is -2.09. The van der Waals surface area contributed by atoms with E-state index in [0.29, 0.717) is 49.1 Å². The van der Waals surface area contributed by atoms with Gasteiger partial charge in [0.25, 0.3) is 0 Å². The Bertz CT molecular complexity index is 655. The van der Waals surface area contributed by atoms with E-state index in [2.05, 4.69) is 15.5 Å². The summed E-state index contributed by atoms with van der Waals surface area (Å²) < 4.78 is 16.0. The van der Waals surface area contributed by atoms with Crippen LogP contribution < -0.4 is 14.8 Å². The molecule has 0 bridgehead atoms. The lowest BCUT2D eigenvalue weighted by molar-refractivity contribution is -0.120. The summed E-state index contributed by atoms with van der Waals surface area (Å²) >= 11 is 0. The first-order valence-electron chi connectivity index (χ1n) is 7.52. The second kappa shape index (κ2) is 8.17. The maximum absolute atomic E-state index is 11.2. The highest BCUT2D eigenvalue weighted by molar-refractivity contribution is 5.75. The minimum absolute atomic E-state index is 0.000915. The van der Waals surface area contributed by atoms with Crippen molar-refractivity contribution >= 4 is 5.91 Å². The standard InChI is InChI=1S/C16H21N3O4/c1-4-22-12-9-8-11(10-13(12)21-3)16-18-15(23-19-16)7-5-6-14(20)17-2/h8-10H,4-7H2,1-3H3,(H,17,20). The van der Waals surface area contributed by atoms with Crippen molar-refractivity contribution in [2.24, 2.45) is 0 Å². The topological polar surface area (TPSA) is 86.5 Å². The quantitative estimate of drug-likeness (QED) is 0.803. The van der Waals surface area contributed by atoms with E-state index >= 15 is 0 Å². The molecule has 0 unspecified atom stereocenters. The largest absolute Gasteiger partial charge is 0.493 e. The van der Waals surface area contributed by atoms with E-state index in [0.717, 1.165) is 5.56 Å². The van der Waals surface area contributed by atoms with Gasteiger partial charge in [-0.2, -0.15) is 4.98 Å². The van der Waals surface area contributed by atoms with E-state index < -0.39 is 0 Å². The third-order valence-corrected chi connectivity index (χ3v) is 3.26. The predicted molar refractivity (Wildman–Crippen MR) is 84.5 cm³/mol. The molecule has 0 saturated heterocycles. The van der Waals surface area contributed by atoms with Crippen LogP contribution in [0.2, 0.25) is 0 Å². The number of amides is 1. The Hall–Kier alpha value is -2.57. The second-order valence-corrected chi connectivity index (χ2v) is 4.84. The minimum Gasteiger partial charge on any atom is -0.493 e. The number of hydrogen-bond donors (Lipinski definition) is 1. The van der Waals surface area contributed by atoms with Gasteiger partial charge >= 0.3 is 0 Å². The Morgan fingerprint density at radius 3 is 2.87 bits per heavy atom. The molecular weight excluding hydrogens is 298 g/mol. The summed E-state index contributed by atoms with van der Waals surface area (Å²) in [7, 11) is 3.20. The summed E-state index contributed by atoms with van der Waals surface area (Å²) in [5.41, 5.74) is 0.784. The number of nitrogens with one attached hydrogen (secondary N) is 1. The molecule has 0 aliphatic carbocycles. The van der Waals surface area contributed by atoms with Gasteiger partial charge in [0.2, 0.25) is 17.6 Å². The molecule has 2 aromatic rings. The van der Waals surface area contributed by atoms with Gasteiger partial charge in [0.15, 0.2) is 11.5 Å². The van der Waals surface area contributed by atoms with E-state index in [1.54, 1.807) is 14.2 Å². The molecule has 23 heavy (non-hydrogen) atoms. The Labute approximate surface area is 135 Å². The van der Waals surface area contributed by atoms with E-state index in [4.69, 9.17) is 14.0 Å². The van der Waals surface area contributed by atoms with Gasteiger partial charge in [0.1, 0.15) is 0 Å². The maximum Gasteiger partial charge on any atom is 0.226 e. The fraction of sp³-hybridized carbons (Fsp3) is 0.438. The number of benzene rings is 1. The number of rotatable bonds is 8. The first-order valence-corrected chi connectivity index (χ1v) is 7.52. The van der Waals surface area contributed by atoms with Crippen molar-refractivity contribution in [1.82, 2.24) is 15.5 Å². The highest BCUT2D eigenvalue weighted by Gasteiger charge is 2.12. The van der Waals surface area contributed by atoms with Gasteiger partial charge in [0, 0.05) is 25.5 Å². The number of hydrogen-bond acceptors (Lipinski definition) is 6. The average Bonchev–Trinajstić information content (AvgIpc) is 3.04. The van der Waals surface area contributed by atoms with Crippen molar-refractivity contribution in [3.63, 3.8) is 0 Å². The molecule has 0 atom stereocenters. The zero-order valence-electron chi connectivity index (χ0n) is 13.6. The van der Waals surface area contributed by atoms with Crippen LogP contribution in [-0.2, 0) is 11.2 Å². The summed E-state index contributed by atoms with van der Waals surface area (Å²) in [4.78, 5) is 15.5. The van der Waals surface area contributed by atoms with Crippen molar-refractivity contribution in [3.05, 3.63) is 24.1 Å². The van der Waals surface area contributed by atoms with Crippen molar-refractivity contribution in [3.8, 4) is 22.9 Å². The zero-order valence-corrected chi connectivity index (χ0v) is 13.6. The van der Waals surface area contributed by atoms with Gasteiger partial charge < -0.3 is 19.3 Å². The number of methoxy groups -OCH3 is 1. The van der Waals surface area contributed by atoms with Gasteiger partial charge in [-0.05, 0) is 31.5 Å². The molecule has 7 heteroatoms. The molecule has 0 radical (unpaired) electrons. The smallest absolute Gasteiger partial charge is 0.226 e. The number of aryl methyl sites for hydroxylation is 1. The fourth-order valence-electron chi connectivity index (χ4n) is 2.08. The Balaban J connectivity index is 2.06. The van der Waals surface area contributed by atoms with Crippen molar-refractivity contribution in [1.29, 1.82) is 0 Å². The Kier molecular flexibility index (Phi) is 5.96. The van der Waals surface area contributed by atoms with Crippen LogP contribution >= 0.6 is 0 Å². The van der Waals surface area contributed by atoms with Crippen molar-refractivity contribution < 1.29 is 18.8 Å².